The van der Waals surface area contributed by atoms with Crippen LogP contribution in [0.2, 0.25) is 0 Å². The summed E-state index contributed by atoms with van der Waals surface area (Å²) in [5.41, 5.74) is 2.37. The lowest BCUT2D eigenvalue weighted by atomic mass is 10.1. The van der Waals surface area contributed by atoms with Crippen LogP contribution in [0.15, 0.2) is 36.7 Å². The first-order valence-corrected chi connectivity index (χ1v) is 10.6. The molecule has 8 heteroatoms. The molecule has 0 radical (unpaired) electrons. The Morgan fingerprint density at radius 1 is 1.32 bits per heavy atom. The molecule has 0 aliphatic carbocycles. The fraction of sp³-hybridized carbons (Fsp3) is 0.435. The van der Waals surface area contributed by atoms with Crippen molar-refractivity contribution in [2.75, 3.05) is 42.6 Å². The Labute approximate surface area is 181 Å². The molecule has 4 heterocycles. The minimum absolute atomic E-state index is 0.134. The van der Waals surface area contributed by atoms with Crippen LogP contribution in [-0.4, -0.2) is 65.4 Å². The Morgan fingerprint density at radius 3 is 3.03 bits per heavy atom. The number of aromatic nitrogens is 3. The van der Waals surface area contributed by atoms with Gasteiger partial charge in [-0.2, -0.15) is 0 Å². The highest BCUT2D eigenvalue weighted by Gasteiger charge is 2.36. The number of nitrogens with zero attached hydrogens (tertiary/aromatic N) is 4. The van der Waals surface area contributed by atoms with Crippen molar-refractivity contribution >= 4 is 28.4 Å². The number of fused-ring (bicyclic) bond motifs is 4. The number of anilines is 2. The van der Waals surface area contributed by atoms with Gasteiger partial charge in [0.1, 0.15) is 12.1 Å². The minimum Gasteiger partial charge on any atom is -0.459 e. The molecular weight excluding hydrogens is 394 g/mol. The van der Waals surface area contributed by atoms with Gasteiger partial charge in [0.15, 0.2) is 11.6 Å². The number of morpholine rings is 1. The molecule has 1 aromatic carbocycles. The summed E-state index contributed by atoms with van der Waals surface area (Å²) in [5, 5.41) is 1.09. The fourth-order valence-electron chi connectivity index (χ4n) is 4.33. The monoisotopic (exact) mass is 421 g/mol. The first kappa shape index (κ1) is 19.8. The maximum absolute atomic E-state index is 12.5. The van der Waals surface area contributed by atoms with E-state index in [9.17, 15) is 4.79 Å². The van der Waals surface area contributed by atoms with E-state index in [1.807, 2.05) is 62.3 Å². The third-order valence-electron chi connectivity index (χ3n) is 5.60. The lowest BCUT2D eigenvalue weighted by molar-refractivity contribution is -0.153. The number of H-pyrrole nitrogens is 1. The van der Waals surface area contributed by atoms with E-state index in [1.165, 1.54) is 0 Å². The number of carbonyl (C=O) groups is 1. The maximum Gasteiger partial charge on any atom is 0.326 e. The van der Waals surface area contributed by atoms with E-state index in [2.05, 4.69) is 14.9 Å². The van der Waals surface area contributed by atoms with Crippen molar-refractivity contribution in [1.29, 1.82) is 0 Å². The van der Waals surface area contributed by atoms with Crippen molar-refractivity contribution < 1.29 is 14.3 Å². The van der Waals surface area contributed by atoms with Crippen molar-refractivity contribution in [3.63, 3.8) is 0 Å². The van der Waals surface area contributed by atoms with Crippen LogP contribution in [0.5, 0.6) is 0 Å². The third-order valence-corrected chi connectivity index (χ3v) is 5.60. The van der Waals surface area contributed by atoms with Gasteiger partial charge in [-0.15, -0.1) is 0 Å². The predicted molar refractivity (Wildman–Crippen MR) is 119 cm³/mol. The SMILES string of the molecule is CC(C)(C)OC(=O)CN1C[C@H]2COCCN2c2nc(-c3cccc4[nH]ccc34)ncc21. The van der Waals surface area contributed by atoms with Gasteiger partial charge in [0, 0.05) is 35.8 Å². The molecule has 2 aromatic heterocycles. The Balaban J connectivity index is 1.53. The standard InChI is InChI=1S/C23H27N5O3/c1-23(2,3)31-20(29)13-27-12-15-14-30-10-9-28(15)22-19(27)11-25-21(26-22)17-5-4-6-18-16(17)7-8-24-18/h4-8,11,15,24H,9-10,12-14H2,1-3H3/t15-/m0/s1. The molecular formula is C23H27N5O3. The van der Waals surface area contributed by atoms with Crippen LogP contribution in [0.1, 0.15) is 20.8 Å². The minimum atomic E-state index is -0.523. The van der Waals surface area contributed by atoms with Gasteiger partial charge in [-0.25, -0.2) is 9.97 Å². The van der Waals surface area contributed by atoms with E-state index in [4.69, 9.17) is 14.5 Å². The average molecular weight is 422 g/mol. The van der Waals surface area contributed by atoms with Crippen molar-refractivity contribution in [3.8, 4) is 11.4 Å². The van der Waals surface area contributed by atoms with E-state index in [1.54, 1.807) is 0 Å². The second kappa shape index (κ2) is 7.53. The van der Waals surface area contributed by atoms with Crippen LogP contribution in [0, 0.1) is 0 Å². The van der Waals surface area contributed by atoms with Crippen molar-refractivity contribution in [2.45, 2.75) is 32.4 Å². The summed E-state index contributed by atoms with van der Waals surface area (Å²) in [6.07, 6.45) is 3.76. The molecule has 3 aromatic rings. The molecule has 1 atom stereocenters. The maximum atomic E-state index is 12.5. The van der Waals surface area contributed by atoms with Crippen LogP contribution in [-0.2, 0) is 14.3 Å². The molecule has 0 spiro atoms. The summed E-state index contributed by atoms with van der Waals surface area (Å²) in [6.45, 7) is 8.50. The Kier molecular flexibility index (Phi) is 4.81. The number of hydrogen-bond acceptors (Lipinski definition) is 7. The van der Waals surface area contributed by atoms with Crippen LogP contribution >= 0.6 is 0 Å². The van der Waals surface area contributed by atoms with Crippen LogP contribution in [0.25, 0.3) is 22.3 Å². The second-order valence-electron chi connectivity index (χ2n) is 9.04. The summed E-state index contributed by atoms with van der Waals surface area (Å²) in [5.74, 6) is 1.26. The van der Waals surface area contributed by atoms with E-state index < -0.39 is 5.60 Å². The topological polar surface area (TPSA) is 83.6 Å². The number of hydrogen-bond donors (Lipinski definition) is 1. The third kappa shape index (κ3) is 3.83. The van der Waals surface area contributed by atoms with Crippen molar-refractivity contribution in [2.24, 2.45) is 0 Å². The molecule has 0 amide bonds. The number of carbonyl (C=O) groups excluding carboxylic acids is 1. The number of benzene rings is 1. The summed E-state index contributed by atoms with van der Waals surface area (Å²) in [4.78, 5) is 29.8. The van der Waals surface area contributed by atoms with Gasteiger partial charge in [-0.1, -0.05) is 12.1 Å². The van der Waals surface area contributed by atoms with Crippen LogP contribution < -0.4 is 9.80 Å². The van der Waals surface area contributed by atoms with E-state index >= 15 is 0 Å². The molecule has 1 saturated heterocycles. The van der Waals surface area contributed by atoms with E-state index in [-0.39, 0.29) is 18.6 Å². The summed E-state index contributed by atoms with van der Waals surface area (Å²) in [6, 6.07) is 8.26. The zero-order valence-corrected chi connectivity index (χ0v) is 18.1. The molecule has 0 saturated carbocycles. The molecule has 1 fully saturated rings. The molecule has 1 N–H and O–H groups in total. The van der Waals surface area contributed by atoms with Gasteiger partial charge in [-0.3, -0.25) is 4.79 Å². The Morgan fingerprint density at radius 2 is 2.19 bits per heavy atom. The van der Waals surface area contributed by atoms with Crippen molar-refractivity contribution in [3.05, 3.63) is 36.7 Å². The number of rotatable bonds is 3. The zero-order valence-electron chi connectivity index (χ0n) is 18.1. The molecule has 2 aliphatic rings. The van der Waals surface area contributed by atoms with Gasteiger partial charge in [-0.05, 0) is 32.9 Å². The van der Waals surface area contributed by atoms with Gasteiger partial charge >= 0.3 is 5.97 Å². The van der Waals surface area contributed by atoms with Crippen LogP contribution in [0.3, 0.4) is 0 Å². The number of ether oxygens (including phenoxy) is 2. The van der Waals surface area contributed by atoms with Gasteiger partial charge < -0.3 is 24.3 Å². The van der Waals surface area contributed by atoms with Crippen LogP contribution in [0.4, 0.5) is 11.5 Å². The predicted octanol–water partition coefficient (Wildman–Crippen LogP) is 2.99. The highest BCUT2D eigenvalue weighted by molar-refractivity contribution is 5.94. The van der Waals surface area contributed by atoms with E-state index in [0.29, 0.717) is 25.6 Å². The molecule has 31 heavy (non-hydrogen) atoms. The van der Waals surface area contributed by atoms with Gasteiger partial charge in [0.2, 0.25) is 0 Å². The fourth-order valence-corrected chi connectivity index (χ4v) is 4.33. The normalized spacial score (nSPS) is 18.6. The van der Waals surface area contributed by atoms with Crippen molar-refractivity contribution in [1.82, 2.24) is 15.0 Å². The second-order valence-corrected chi connectivity index (χ2v) is 9.04. The lowest BCUT2D eigenvalue weighted by Crippen LogP contribution is -2.56. The molecule has 0 bridgehead atoms. The highest BCUT2D eigenvalue weighted by atomic mass is 16.6. The first-order chi connectivity index (χ1) is 14.9. The lowest BCUT2D eigenvalue weighted by Gasteiger charge is -2.45. The molecule has 162 valence electrons. The quantitative estimate of drug-likeness (QED) is 0.651. The largest absolute Gasteiger partial charge is 0.459 e. The zero-order chi connectivity index (χ0) is 21.6. The highest BCUT2D eigenvalue weighted by Crippen LogP contribution is 2.37. The van der Waals surface area contributed by atoms with Gasteiger partial charge in [0.25, 0.3) is 0 Å². The summed E-state index contributed by atoms with van der Waals surface area (Å²) in [7, 11) is 0. The summed E-state index contributed by atoms with van der Waals surface area (Å²) < 4.78 is 11.3. The summed E-state index contributed by atoms with van der Waals surface area (Å²) >= 11 is 0. The van der Waals surface area contributed by atoms with E-state index in [0.717, 1.165) is 34.5 Å². The van der Waals surface area contributed by atoms with Gasteiger partial charge in [0.05, 0.1) is 31.1 Å². The average Bonchev–Trinajstić information content (AvgIpc) is 3.21. The number of esters is 1. The first-order valence-electron chi connectivity index (χ1n) is 10.6. The Bertz CT molecular complexity index is 1120. The Hall–Kier alpha value is -3.13. The smallest absolute Gasteiger partial charge is 0.326 e. The molecule has 2 aliphatic heterocycles. The molecule has 5 rings (SSSR count). The molecule has 8 nitrogen and oxygen atoms in total. The number of aromatic amines is 1. The number of nitrogens with one attached hydrogen (secondary N) is 1. The molecule has 0 unspecified atom stereocenters.